The molecule has 1 aliphatic rings. The third kappa shape index (κ3) is 4.58. The summed E-state index contributed by atoms with van der Waals surface area (Å²) in [6.07, 6.45) is 7.03. The quantitative estimate of drug-likeness (QED) is 0.828. The Hall–Kier alpha value is -0.810. The molecule has 0 saturated heterocycles. The summed E-state index contributed by atoms with van der Waals surface area (Å²) in [5.41, 5.74) is 0.795. The smallest absolute Gasteiger partial charge is 0.387 e. The van der Waals surface area contributed by atoms with E-state index in [4.69, 9.17) is 0 Å². The van der Waals surface area contributed by atoms with E-state index < -0.39 is 6.61 Å². The molecule has 3 unspecified atom stereocenters. The average molecular weight is 315 g/mol. The van der Waals surface area contributed by atoms with Gasteiger partial charge in [-0.15, -0.1) is 0 Å². The predicted octanol–water partition coefficient (Wildman–Crippen LogP) is 4.61. The van der Waals surface area contributed by atoms with Gasteiger partial charge in [-0.1, -0.05) is 31.0 Å². The molecule has 2 rings (SSSR count). The molecule has 1 N–H and O–H groups in total. The van der Waals surface area contributed by atoms with Gasteiger partial charge in [-0.05, 0) is 32.1 Å². The van der Waals surface area contributed by atoms with Crippen molar-refractivity contribution in [3.05, 3.63) is 29.8 Å². The van der Waals surface area contributed by atoms with Crippen molar-refractivity contribution in [3.8, 4) is 5.75 Å². The Morgan fingerprint density at radius 1 is 1.24 bits per heavy atom. The molecule has 1 aromatic rings. The maximum atomic E-state index is 12.5. The van der Waals surface area contributed by atoms with Crippen molar-refractivity contribution in [1.82, 2.24) is 5.32 Å². The first kappa shape index (κ1) is 16.6. The third-order valence-corrected chi connectivity index (χ3v) is 5.24. The number of rotatable bonds is 6. The Balaban J connectivity index is 2.07. The summed E-state index contributed by atoms with van der Waals surface area (Å²) < 4.78 is 29.6. The molecule has 21 heavy (non-hydrogen) atoms. The second-order valence-corrected chi connectivity index (χ2v) is 6.55. The molecule has 0 radical (unpaired) electrons. The second kappa shape index (κ2) is 7.99. The molecule has 0 aromatic heterocycles. The Bertz CT molecular complexity index is 444. The largest absolute Gasteiger partial charge is 0.434 e. The summed E-state index contributed by atoms with van der Waals surface area (Å²) in [6, 6.07) is 7.47. The summed E-state index contributed by atoms with van der Waals surface area (Å²) in [4.78, 5) is 0. The lowest BCUT2D eigenvalue weighted by atomic mass is 9.93. The van der Waals surface area contributed by atoms with E-state index in [1.54, 1.807) is 12.1 Å². The molecule has 0 bridgehead atoms. The number of ether oxygens (including phenoxy) is 1. The minimum atomic E-state index is -2.79. The lowest BCUT2D eigenvalue weighted by Crippen LogP contribution is -2.41. The van der Waals surface area contributed by atoms with Gasteiger partial charge in [0, 0.05) is 22.9 Å². The summed E-state index contributed by atoms with van der Waals surface area (Å²) in [5.74, 6) is 0.268. The van der Waals surface area contributed by atoms with Crippen LogP contribution in [-0.4, -0.2) is 24.2 Å². The van der Waals surface area contributed by atoms with Crippen LogP contribution in [0.5, 0.6) is 5.75 Å². The summed E-state index contributed by atoms with van der Waals surface area (Å²) in [5, 5.41) is 4.21. The van der Waals surface area contributed by atoms with Gasteiger partial charge >= 0.3 is 6.61 Å². The number of alkyl halides is 2. The van der Waals surface area contributed by atoms with Crippen LogP contribution in [0.15, 0.2) is 24.3 Å². The van der Waals surface area contributed by atoms with Crippen LogP contribution in [0.3, 0.4) is 0 Å². The maximum absolute atomic E-state index is 12.5. The number of hydrogen-bond donors (Lipinski definition) is 1. The van der Waals surface area contributed by atoms with Gasteiger partial charge in [-0.25, -0.2) is 0 Å². The number of para-hydroxylation sites is 1. The molecule has 0 amide bonds. The number of thioether (sulfide) groups is 1. The first-order valence-electron chi connectivity index (χ1n) is 7.44. The van der Waals surface area contributed by atoms with Crippen LogP contribution in [0.1, 0.15) is 44.2 Å². The minimum absolute atomic E-state index is 0.00213. The number of hydrogen-bond acceptors (Lipinski definition) is 3. The summed E-state index contributed by atoms with van der Waals surface area (Å²) in [7, 11) is 0. The van der Waals surface area contributed by atoms with Crippen molar-refractivity contribution in [2.45, 2.75) is 56.6 Å². The van der Waals surface area contributed by atoms with Gasteiger partial charge in [0.1, 0.15) is 5.75 Å². The zero-order chi connectivity index (χ0) is 15.2. The fourth-order valence-electron chi connectivity index (χ4n) is 3.02. The van der Waals surface area contributed by atoms with Gasteiger partial charge in [-0.3, -0.25) is 0 Å². The molecule has 1 saturated carbocycles. The van der Waals surface area contributed by atoms with E-state index in [1.165, 1.54) is 19.3 Å². The van der Waals surface area contributed by atoms with E-state index in [0.29, 0.717) is 11.3 Å². The Labute approximate surface area is 129 Å². The van der Waals surface area contributed by atoms with Crippen LogP contribution in [-0.2, 0) is 0 Å². The zero-order valence-electron chi connectivity index (χ0n) is 12.5. The van der Waals surface area contributed by atoms with Crippen molar-refractivity contribution in [3.63, 3.8) is 0 Å². The van der Waals surface area contributed by atoms with Crippen LogP contribution in [0, 0.1) is 0 Å². The average Bonchev–Trinajstić information content (AvgIpc) is 2.47. The Morgan fingerprint density at radius 2 is 1.95 bits per heavy atom. The van der Waals surface area contributed by atoms with Gasteiger partial charge in [0.2, 0.25) is 0 Å². The summed E-state index contributed by atoms with van der Waals surface area (Å²) >= 11 is 1.89. The van der Waals surface area contributed by atoms with E-state index in [1.807, 2.05) is 30.8 Å². The molecular formula is C16H23F2NOS. The van der Waals surface area contributed by atoms with Gasteiger partial charge in [0.25, 0.3) is 0 Å². The van der Waals surface area contributed by atoms with Gasteiger partial charge in [0.05, 0.1) is 0 Å². The number of halogens is 2. The van der Waals surface area contributed by atoms with E-state index in [9.17, 15) is 8.78 Å². The fourth-order valence-corrected chi connectivity index (χ4v) is 3.97. The molecule has 1 aliphatic carbocycles. The van der Waals surface area contributed by atoms with Crippen molar-refractivity contribution >= 4 is 11.8 Å². The van der Waals surface area contributed by atoms with Crippen LogP contribution in [0.4, 0.5) is 8.78 Å². The molecule has 0 aliphatic heterocycles. The third-order valence-electron chi connectivity index (χ3n) is 4.07. The molecule has 0 spiro atoms. The Kier molecular flexibility index (Phi) is 6.30. The lowest BCUT2D eigenvalue weighted by molar-refractivity contribution is -0.0507. The molecule has 2 nitrogen and oxygen atoms in total. The van der Waals surface area contributed by atoms with Gasteiger partial charge < -0.3 is 10.1 Å². The lowest BCUT2D eigenvalue weighted by Gasteiger charge is -2.33. The highest BCUT2D eigenvalue weighted by Crippen LogP contribution is 2.31. The normalized spacial score (nSPS) is 24.0. The first-order chi connectivity index (χ1) is 10.1. The van der Waals surface area contributed by atoms with Crippen LogP contribution < -0.4 is 10.1 Å². The molecule has 1 fully saturated rings. The number of benzene rings is 1. The van der Waals surface area contributed by atoms with Crippen LogP contribution >= 0.6 is 11.8 Å². The van der Waals surface area contributed by atoms with Crippen molar-refractivity contribution in [1.29, 1.82) is 0 Å². The van der Waals surface area contributed by atoms with Crippen LogP contribution in [0.2, 0.25) is 0 Å². The van der Waals surface area contributed by atoms with E-state index in [-0.39, 0.29) is 11.8 Å². The molecule has 0 heterocycles. The monoisotopic (exact) mass is 315 g/mol. The molecule has 118 valence electrons. The van der Waals surface area contributed by atoms with E-state index in [2.05, 4.69) is 16.3 Å². The Morgan fingerprint density at radius 3 is 2.67 bits per heavy atom. The topological polar surface area (TPSA) is 21.3 Å². The van der Waals surface area contributed by atoms with Crippen molar-refractivity contribution in [2.75, 3.05) is 6.26 Å². The highest BCUT2D eigenvalue weighted by Gasteiger charge is 2.26. The zero-order valence-corrected chi connectivity index (χ0v) is 13.3. The molecule has 1 aromatic carbocycles. The maximum Gasteiger partial charge on any atom is 0.387 e. The summed E-state index contributed by atoms with van der Waals surface area (Å²) in [6.45, 7) is -0.772. The second-order valence-electron chi connectivity index (χ2n) is 5.47. The molecular weight excluding hydrogens is 292 g/mol. The van der Waals surface area contributed by atoms with E-state index >= 15 is 0 Å². The predicted molar refractivity (Wildman–Crippen MR) is 84.2 cm³/mol. The van der Waals surface area contributed by atoms with Crippen molar-refractivity contribution in [2.24, 2.45) is 0 Å². The van der Waals surface area contributed by atoms with E-state index in [0.717, 1.165) is 12.0 Å². The van der Waals surface area contributed by atoms with Gasteiger partial charge in [0.15, 0.2) is 0 Å². The molecule has 5 heteroatoms. The van der Waals surface area contributed by atoms with Gasteiger partial charge in [-0.2, -0.15) is 20.5 Å². The first-order valence-corrected chi connectivity index (χ1v) is 8.73. The highest BCUT2D eigenvalue weighted by molar-refractivity contribution is 7.99. The fraction of sp³-hybridized carbons (Fsp3) is 0.625. The highest BCUT2D eigenvalue weighted by atomic mass is 32.2. The number of nitrogens with one attached hydrogen (secondary N) is 1. The SMILES string of the molecule is CSC1CCCCC1NC(C)c1ccccc1OC(F)F. The van der Waals surface area contributed by atoms with Crippen LogP contribution in [0.25, 0.3) is 0 Å². The minimum Gasteiger partial charge on any atom is -0.434 e. The molecule has 3 atom stereocenters. The van der Waals surface area contributed by atoms with Crippen molar-refractivity contribution < 1.29 is 13.5 Å². The standard InChI is InChI=1S/C16H23F2NOS/c1-11(19-13-8-4-6-10-15(13)21-2)12-7-3-5-9-14(12)20-16(17)18/h3,5,7,9,11,13,15-16,19H,4,6,8,10H2,1-2H3.